The Kier molecular flexibility index (Phi) is 3.52. The Morgan fingerprint density at radius 3 is 2.50 bits per heavy atom. The summed E-state index contributed by atoms with van der Waals surface area (Å²) < 4.78 is 0.791. The van der Waals surface area contributed by atoms with Gasteiger partial charge in [-0.3, -0.25) is 0 Å². The highest BCUT2D eigenvalue weighted by Crippen LogP contribution is 2.24. The average Bonchev–Trinajstić information content (AvgIpc) is 2.09. The van der Waals surface area contributed by atoms with Crippen LogP contribution in [0.1, 0.15) is 19.4 Å². The first-order chi connectivity index (χ1) is 6.56. The fourth-order valence-electron chi connectivity index (χ4n) is 1.20. The molecule has 0 saturated carbocycles. The van der Waals surface area contributed by atoms with Crippen LogP contribution in [-0.2, 0) is 0 Å². The molecule has 0 bridgehead atoms. The maximum absolute atomic E-state index is 9.62. The van der Waals surface area contributed by atoms with Crippen LogP contribution in [0.5, 0.6) is 5.75 Å². The van der Waals surface area contributed by atoms with E-state index in [9.17, 15) is 5.11 Å². The van der Waals surface area contributed by atoms with Gasteiger partial charge >= 0.3 is 0 Å². The van der Waals surface area contributed by atoms with Crippen LogP contribution in [0.2, 0.25) is 0 Å². The molecule has 0 atom stereocenters. The molecule has 0 aromatic heterocycles. The highest BCUT2D eigenvalue weighted by atomic mass is 79.9. The molecule has 14 heavy (non-hydrogen) atoms. The molecule has 0 aliphatic carbocycles. The van der Waals surface area contributed by atoms with Gasteiger partial charge in [0.15, 0.2) is 0 Å². The quantitative estimate of drug-likeness (QED) is 0.486. The number of aromatic hydroxyl groups is 1. The summed E-state index contributed by atoms with van der Waals surface area (Å²) >= 11 is 3.24. The first kappa shape index (κ1) is 11.0. The van der Waals surface area contributed by atoms with E-state index in [1.165, 1.54) is 0 Å². The predicted octanol–water partition coefficient (Wildman–Crippen LogP) is 2.99. The minimum atomic E-state index is 0.0621. The third kappa shape index (κ3) is 2.26. The fourth-order valence-corrected chi connectivity index (χ4v) is 1.55. The highest BCUT2D eigenvalue weighted by molar-refractivity contribution is 9.10. The lowest BCUT2D eigenvalue weighted by Crippen LogP contribution is -2.09. The minimum absolute atomic E-state index is 0.0621. The molecule has 0 saturated heterocycles. The summed E-state index contributed by atoms with van der Waals surface area (Å²) in [6.07, 6.45) is 0. The van der Waals surface area contributed by atoms with E-state index in [1.54, 1.807) is 18.2 Å². The second-order valence-corrected chi connectivity index (χ2v) is 4.22. The van der Waals surface area contributed by atoms with Crippen molar-refractivity contribution in [1.29, 1.82) is 0 Å². The third-order valence-electron chi connectivity index (χ3n) is 1.89. The number of halogens is 1. The smallest absolute Gasteiger partial charge is 0.125 e. The van der Waals surface area contributed by atoms with Gasteiger partial charge in [-0.25, -0.2) is 0 Å². The van der Waals surface area contributed by atoms with Crippen LogP contribution in [0.15, 0.2) is 27.8 Å². The molecule has 76 valence electrons. The molecule has 0 spiro atoms. The topological polar surface area (TPSA) is 52.8 Å². The molecule has 2 N–H and O–H groups in total. The molecule has 0 aliphatic rings. The van der Waals surface area contributed by atoms with Crippen molar-refractivity contribution in [2.75, 3.05) is 0 Å². The standard InChI is InChI=1S/C10H12BrNO2/c1-6(2)10(12-14)8-4-3-7(11)5-9(8)13/h3-6,13-14H,1-2H3. The number of hydrogen-bond donors (Lipinski definition) is 2. The average molecular weight is 258 g/mol. The molecule has 1 aromatic carbocycles. The lowest BCUT2D eigenvalue weighted by atomic mass is 9.99. The van der Waals surface area contributed by atoms with Crippen molar-refractivity contribution in [2.45, 2.75) is 13.8 Å². The van der Waals surface area contributed by atoms with E-state index in [4.69, 9.17) is 5.21 Å². The molecule has 0 fully saturated rings. The van der Waals surface area contributed by atoms with Gasteiger partial charge < -0.3 is 10.3 Å². The number of rotatable bonds is 2. The van der Waals surface area contributed by atoms with Crippen LogP contribution in [0, 0.1) is 5.92 Å². The molecule has 0 amide bonds. The summed E-state index contributed by atoms with van der Waals surface area (Å²) in [5.41, 5.74) is 1.04. The van der Waals surface area contributed by atoms with E-state index < -0.39 is 0 Å². The molecule has 0 unspecified atom stereocenters. The first-order valence-corrected chi connectivity index (χ1v) is 5.06. The van der Waals surface area contributed by atoms with Crippen LogP contribution in [0.25, 0.3) is 0 Å². The zero-order chi connectivity index (χ0) is 10.7. The molecule has 4 heteroatoms. The van der Waals surface area contributed by atoms with Gasteiger partial charge in [-0.05, 0) is 24.1 Å². The van der Waals surface area contributed by atoms with Gasteiger partial charge in [0.25, 0.3) is 0 Å². The molecule has 0 heterocycles. The Hall–Kier alpha value is -1.03. The van der Waals surface area contributed by atoms with Crippen LogP contribution < -0.4 is 0 Å². The molecule has 1 aromatic rings. The van der Waals surface area contributed by atoms with Gasteiger partial charge in [-0.1, -0.05) is 34.9 Å². The number of phenolic OH excluding ortho intramolecular Hbond substituents is 1. The van der Waals surface area contributed by atoms with Crippen molar-refractivity contribution < 1.29 is 10.3 Å². The number of oxime groups is 1. The van der Waals surface area contributed by atoms with Crippen molar-refractivity contribution in [1.82, 2.24) is 0 Å². The molecule has 3 nitrogen and oxygen atoms in total. The van der Waals surface area contributed by atoms with Gasteiger partial charge in [0.2, 0.25) is 0 Å². The first-order valence-electron chi connectivity index (χ1n) is 4.27. The van der Waals surface area contributed by atoms with E-state index in [0.29, 0.717) is 11.3 Å². The predicted molar refractivity (Wildman–Crippen MR) is 59.0 cm³/mol. The highest BCUT2D eigenvalue weighted by Gasteiger charge is 2.13. The Morgan fingerprint density at radius 2 is 2.07 bits per heavy atom. The van der Waals surface area contributed by atoms with Gasteiger partial charge in [0.05, 0.1) is 5.71 Å². The third-order valence-corrected chi connectivity index (χ3v) is 2.38. The zero-order valence-electron chi connectivity index (χ0n) is 8.03. The lowest BCUT2D eigenvalue weighted by Gasteiger charge is -2.09. The molecule has 0 aliphatic heterocycles. The number of nitrogens with zero attached hydrogens (tertiary/aromatic N) is 1. The molecular weight excluding hydrogens is 246 g/mol. The lowest BCUT2D eigenvalue weighted by molar-refractivity contribution is 0.316. The van der Waals surface area contributed by atoms with Crippen molar-refractivity contribution in [3.8, 4) is 5.75 Å². The zero-order valence-corrected chi connectivity index (χ0v) is 9.62. The summed E-state index contributed by atoms with van der Waals surface area (Å²) in [6.45, 7) is 3.80. The summed E-state index contributed by atoms with van der Waals surface area (Å²) in [4.78, 5) is 0. The Bertz CT molecular complexity index is 361. The summed E-state index contributed by atoms with van der Waals surface area (Å²) in [6, 6.07) is 5.08. The second kappa shape index (κ2) is 4.46. The van der Waals surface area contributed by atoms with Crippen molar-refractivity contribution in [2.24, 2.45) is 11.1 Å². The van der Waals surface area contributed by atoms with Crippen LogP contribution >= 0.6 is 15.9 Å². The Balaban J connectivity index is 3.19. The van der Waals surface area contributed by atoms with Crippen LogP contribution in [-0.4, -0.2) is 16.0 Å². The van der Waals surface area contributed by atoms with E-state index in [-0.39, 0.29) is 11.7 Å². The largest absolute Gasteiger partial charge is 0.507 e. The normalized spacial score (nSPS) is 12.1. The van der Waals surface area contributed by atoms with Gasteiger partial charge in [0.1, 0.15) is 5.75 Å². The SMILES string of the molecule is CC(C)C(=NO)c1ccc(Br)cc1O. The van der Waals surface area contributed by atoms with E-state index in [2.05, 4.69) is 21.1 Å². The minimum Gasteiger partial charge on any atom is -0.507 e. The fraction of sp³-hybridized carbons (Fsp3) is 0.300. The number of phenols is 1. The van der Waals surface area contributed by atoms with E-state index in [1.807, 2.05) is 13.8 Å². The number of hydrogen-bond acceptors (Lipinski definition) is 3. The van der Waals surface area contributed by atoms with E-state index >= 15 is 0 Å². The second-order valence-electron chi connectivity index (χ2n) is 3.30. The molecule has 0 radical (unpaired) electrons. The monoisotopic (exact) mass is 257 g/mol. The van der Waals surface area contributed by atoms with Gasteiger partial charge in [-0.15, -0.1) is 0 Å². The van der Waals surface area contributed by atoms with Gasteiger partial charge in [-0.2, -0.15) is 0 Å². The van der Waals surface area contributed by atoms with Gasteiger partial charge in [0, 0.05) is 10.0 Å². The van der Waals surface area contributed by atoms with Crippen LogP contribution in [0.3, 0.4) is 0 Å². The van der Waals surface area contributed by atoms with Crippen molar-refractivity contribution in [3.63, 3.8) is 0 Å². The molecular formula is C10H12BrNO2. The summed E-state index contributed by atoms with van der Waals surface area (Å²) in [7, 11) is 0. The molecule has 1 rings (SSSR count). The maximum Gasteiger partial charge on any atom is 0.125 e. The summed E-state index contributed by atoms with van der Waals surface area (Å²) in [5.74, 6) is 0.174. The number of benzene rings is 1. The Labute approximate surface area is 91.2 Å². The van der Waals surface area contributed by atoms with E-state index in [0.717, 1.165) is 4.47 Å². The Morgan fingerprint density at radius 1 is 1.43 bits per heavy atom. The van der Waals surface area contributed by atoms with Crippen LogP contribution in [0.4, 0.5) is 0 Å². The van der Waals surface area contributed by atoms with Crippen molar-refractivity contribution in [3.05, 3.63) is 28.2 Å². The van der Waals surface area contributed by atoms with Crippen molar-refractivity contribution >= 4 is 21.6 Å². The maximum atomic E-state index is 9.62. The summed E-state index contributed by atoms with van der Waals surface area (Å²) in [5, 5.41) is 21.6.